The second-order valence-electron chi connectivity index (χ2n) is 5.89. The molecule has 1 amide bonds. The van der Waals surface area contributed by atoms with Gasteiger partial charge >= 0.3 is 0 Å². The molecule has 0 unspecified atom stereocenters. The van der Waals surface area contributed by atoms with Gasteiger partial charge in [0.05, 0.1) is 11.5 Å². The summed E-state index contributed by atoms with van der Waals surface area (Å²) in [5.74, 6) is -0.198. The van der Waals surface area contributed by atoms with Crippen molar-refractivity contribution in [2.24, 2.45) is 0 Å². The number of amides is 1. The first-order valence-electron chi connectivity index (χ1n) is 8.15. The van der Waals surface area contributed by atoms with E-state index in [2.05, 4.69) is 11.4 Å². The Balaban J connectivity index is 1.85. The highest BCUT2D eigenvalue weighted by Crippen LogP contribution is 2.38. The standard InChI is InChI=1S/C19H20N2OS/c1-2-14(13-8-4-3-5-9-13)18(22)21-19-16(12-20)15-10-6-7-11-17(15)23-19/h3-5,8-9,14H,2,6-7,10-11H2,1H3,(H,21,22)/t14-/m1/s1. The fourth-order valence-corrected chi connectivity index (χ4v) is 4.47. The molecular weight excluding hydrogens is 304 g/mol. The van der Waals surface area contributed by atoms with Crippen LogP contribution in [-0.2, 0) is 17.6 Å². The molecule has 0 saturated heterocycles. The molecule has 0 spiro atoms. The number of aryl methyl sites for hydroxylation is 1. The van der Waals surface area contributed by atoms with Crippen LogP contribution in [0.5, 0.6) is 0 Å². The molecule has 1 aliphatic rings. The molecule has 0 fully saturated rings. The van der Waals surface area contributed by atoms with Gasteiger partial charge in [-0.2, -0.15) is 5.26 Å². The van der Waals surface area contributed by atoms with E-state index in [4.69, 9.17) is 0 Å². The Bertz CT molecular complexity index is 743. The smallest absolute Gasteiger partial charge is 0.232 e. The van der Waals surface area contributed by atoms with Crippen LogP contribution >= 0.6 is 11.3 Å². The van der Waals surface area contributed by atoms with Crippen LogP contribution in [0.1, 0.15) is 53.7 Å². The molecule has 3 rings (SSSR count). The Kier molecular flexibility index (Phi) is 4.78. The van der Waals surface area contributed by atoms with Crippen LogP contribution in [0, 0.1) is 11.3 Å². The number of hydrogen-bond acceptors (Lipinski definition) is 3. The Hall–Kier alpha value is -2.12. The number of thiophene rings is 1. The van der Waals surface area contributed by atoms with Gasteiger partial charge in [0, 0.05) is 4.88 Å². The van der Waals surface area contributed by atoms with Crippen LogP contribution in [0.2, 0.25) is 0 Å². The lowest BCUT2D eigenvalue weighted by Crippen LogP contribution is -2.20. The van der Waals surface area contributed by atoms with Gasteiger partial charge in [0.2, 0.25) is 5.91 Å². The van der Waals surface area contributed by atoms with Crippen LogP contribution in [0.15, 0.2) is 30.3 Å². The maximum atomic E-state index is 12.7. The third-order valence-electron chi connectivity index (χ3n) is 4.45. The quantitative estimate of drug-likeness (QED) is 0.891. The first kappa shape index (κ1) is 15.8. The minimum Gasteiger partial charge on any atom is -0.316 e. The van der Waals surface area contributed by atoms with Crippen molar-refractivity contribution in [2.75, 3.05) is 5.32 Å². The van der Waals surface area contributed by atoms with Gasteiger partial charge in [-0.1, -0.05) is 37.3 Å². The number of benzene rings is 1. The molecule has 0 aliphatic heterocycles. The van der Waals surface area contributed by atoms with Gasteiger partial charge in [0.15, 0.2) is 0 Å². The predicted octanol–water partition coefficient (Wildman–Crippen LogP) is 4.63. The zero-order valence-corrected chi connectivity index (χ0v) is 14.1. The monoisotopic (exact) mass is 324 g/mol. The van der Waals surface area contributed by atoms with Gasteiger partial charge in [0.25, 0.3) is 0 Å². The van der Waals surface area contributed by atoms with Gasteiger partial charge < -0.3 is 5.32 Å². The molecule has 1 aromatic heterocycles. The lowest BCUT2D eigenvalue weighted by molar-refractivity contribution is -0.117. The van der Waals surface area contributed by atoms with E-state index in [9.17, 15) is 10.1 Å². The molecule has 1 heterocycles. The summed E-state index contributed by atoms with van der Waals surface area (Å²) in [7, 11) is 0. The van der Waals surface area contributed by atoms with Crippen molar-refractivity contribution < 1.29 is 4.79 Å². The SMILES string of the molecule is CC[C@@H](C(=O)Nc1sc2c(c1C#N)CCCC2)c1ccccc1. The van der Waals surface area contributed by atoms with Gasteiger partial charge in [-0.25, -0.2) is 0 Å². The van der Waals surface area contributed by atoms with Crippen molar-refractivity contribution in [3.8, 4) is 6.07 Å². The fraction of sp³-hybridized carbons (Fsp3) is 0.368. The van der Waals surface area contributed by atoms with Gasteiger partial charge in [-0.15, -0.1) is 11.3 Å². The van der Waals surface area contributed by atoms with Crippen LogP contribution in [-0.4, -0.2) is 5.91 Å². The highest BCUT2D eigenvalue weighted by molar-refractivity contribution is 7.16. The summed E-state index contributed by atoms with van der Waals surface area (Å²) in [6, 6.07) is 12.1. The molecule has 1 aromatic carbocycles. The zero-order valence-electron chi connectivity index (χ0n) is 13.3. The maximum Gasteiger partial charge on any atom is 0.232 e. The second kappa shape index (κ2) is 6.97. The summed E-state index contributed by atoms with van der Waals surface area (Å²) in [6.07, 6.45) is 5.03. The van der Waals surface area contributed by atoms with Crippen molar-refractivity contribution >= 4 is 22.2 Å². The lowest BCUT2D eigenvalue weighted by Gasteiger charge is -2.14. The van der Waals surface area contributed by atoms with Crippen LogP contribution in [0.3, 0.4) is 0 Å². The van der Waals surface area contributed by atoms with Gasteiger partial charge in [-0.3, -0.25) is 4.79 Å². The van der Waals surface area contributed by atoms with E-state index in [1.807, 2.05) is 37.3 Å². The molecule has 2 aromatic rings. The molecule has 0 bridgehead atoms. The number of nitrogens with one attached hydrogen (secondary N) is 1. The number of nitriles is 1. The lowest BCUT2D eigenvalue weighted by atomic mass is 9.95. The Labute approximate surface area is 141 Å². The second-order valence-corrected chi connectivity index (χ2v) is 6.99. The molecule has 3 nitrogen and oxygen atoms in total. The average Bonchev–Trinajstić information content (AvgIpc) is 2.93. The number of hydrogen-bond donors (Lipinski definition) is 1. The number of carbonyl (C=O) groups excluding carboxylic acids is 1. The largest absolute Gasteiger partial charge is 0.316 e. The molecule has 0 saturated carbocycles. The maximum absolute atomic E-state index is 12.7. The van der Waals surface area contributed by atoms with E-state index in [1.54, 1.807) is 11.3 Å². The number of rotatable bonds is 4. The zero-order chi connectivity index (χ0) is 16.2. The predicted molar refractivity (Wildman–Crippen MR) is 93.8 cm³/mol. The van der Waals surface area contributed by atoms with E-state index in [-0.39, 0.29) is 11.8 Å². The van der Waals surface area contributed by atoms with E-state index in [0.717, 1.165) is 41.8 Å². The average molecular weight is 324 g/mol. The summed E-state index contributed by atoms with van der Waals surface area (Å²) in [5, 5.41) is 13.3. The molecule has 4 heteroatoms. The minimum atomic E-state index is -0.179. The summed E-state index contributed by atoms with van der Waals surface area (Å²) >= 11 is 1.58. The van der Waals surface area contributed by atoms with Crippen molar-refractivity contribution in [3.63, 3.8) is 0 Å². The van der Waals surface area contributed by atoms with Crippen molar-refractivity contribution in [3.05, 3.63) is 51.9 Å². The van der Waals surface area contributed by atoms with Gasteiger partial charge in [-0.05, 0) is 43.2 Å². The molecule has 0 radical (unpaired) electrons. The van der Waals surface area contributed by atoms with Crippen molar-refractivity contribution in [1.82, 2.24) is 0 Å². The van der Waals surface area contributed by atoms with E-state index < -0.39 is 0 Å². The molecule has 1 aliphatic carbocycles. The third kappa shape index (κ3) is 3.16. The molecule has 118 valence electrons. The van der Waals surface area contributed by atoms with E-state index in [1.165, 1.54) is 11.3 Å². The van der Waals surface area contributed by atoms with Crippen LogP contribution in [0.25, 0.3) is 0 Å². The highest BCUT2D eigenvalue weighted by Gasteiger charge is 2.24. The van der Waals surface area contributed by atoms with E-state index in [0.29, 0.717) is 5.56 Å². The molecule has 1 atom stereocenters. The first-order valence-corrected chi connectivity index (χ1v) is 8.96. The normalized spacial score (nSPS) is 14.6. The van der Waals surface area contributed by atoms with Crippen LogP contribution < -0.4 is 5.32 Å². The first-order chi connectivity index (χ1) is 11.2. The summed E-state index contributed by atoms with van der Waals surface area (Å²) < 4.78 is 0. The highest BCUT2D eigenvalue weighted by atomic mass is 32.1. The number of nitrogens with zero attached hydrogens (tertiary/aromatic N) is 1. The Morgan fingerprint density at radius 3 is 2.74 bits per heavy atom. The summed E-state index contributed by atoms with van der Waals surface area (Å²) in [6.45, 7) is 2.02. The van der Waals surface area contributed by atoms with Crippen LogP contribution in [0.4, 0.5) is 5.00 Å². The van der Waals surface area contributed by atoms with Crippen molar-refractivity contribution in [2.45, 2.75) is 44.9 Å². The Morgan fingerprint density at radius 2 is 2.04 bits per heavy atom. The fourth-order valence-electron chi connectivity index (χ4n) is 3.23. The van der Waals surface area contributed by atoms with Gasteiger partial charge in [0.1, 0.15) is 11.1 Å². The number of fused-ring (bicyclic) bond motifs is 1. The number of carbonyl (C=O) groups is 1. The Morgan fingerprint density at radius 1 is 1.30 bits per heavy atom. The molecule has 23 heavy (non-hydrogen) atoms. The summed E-state index contributed by atoms with van der Waals surface area (Å²) in [4.78, 5) is 14.0. The van der Waals surface area contributed by atoms with Crippen molar-refractivity contribution in [1.29, 1.82) is 5.26 Å². The summed E-state index contributed by atoms with van der Waals surface area (Å²) in [5.41, 5.74) is 2.86. The molecule has 1 N–H and O–H groups in total. The topological polar surface area (TPSA) is 52.9 Å². The van der Waals surface area contributed by atoms with E-state index >= 15 is 0 Å². The molecular formula is C19H20N2OS. The third-order valence-corrected chi connectivity index (χ3v) is 5.65. The minimum absolute atomic E-state index is 0.0196. The number of anilines is 1.